The largest absolute Gasteiger partial charge is 0.252 e. The van der Waals surface area contributed by atoms with E-state index in [2.05, 4.69) is 52.0 Å². The Kier molecular flexibility index (Phi) is 5.66. The summed E-state index contributed by atoms with van der Waals surface area (Å²) in [6.45, 7) is 8.53. The molecule has 2 heteroatoms. The van der Waals surface area contributed by atoms with E-state index in [1.807, 2.05) is 6.07 Å². The molecule has 1 N–H and O–H groups in total. The second-order valence-electron chi connectivity index (χ2n) is 5.41. The minimum Gasteiger partial charge on any atom is -0.252 e. The van der Waals surface area contributed by atoms with Crippen LogP contribution in [0.25, 0.3) is 0 Å². The maximum Gasteiger partial charge on any atom is 0.0983 e. The van der Waals surface area contributed by atoms with E-state index in [0.29, 0.717) is 17.8 Å². The Hall–Kier alpha value is -0.860. The van der Waals surface area contributed by atoms with Gasteiger partial charge in [-0.05, 0) is 29.7 Å². The summed E-state index contributed by atoms with van der Waals surface area (Å²) in [5.41, 5.74) is 1.30. The topological polar surface area (TPSA) is 29.5 Å². The summed E-state index contributed by atoms with van der Waals surface area (Å²) in [5.74, 6) is 1.13. The zero-order chi connectivity index (χ0) is 12.8. The maximum atomic E-state index is 9.09. The van der Waals surface area contributed by atoms with Crippen molar-refractivity contribution in [1.82, 2.24) is 0 Å². The van der Waals surface area contributed by atoms with Gasteiger partial charge in [0.15, 0.2) is 0 Å². The molecule has 17 heavy (non-hydrogen) atoms. The highest BCUT2D eigenvalue weighted by molar-refractivity contribution is 5.15. The summed E-state index contributed by atoms with van der Waals surface area (Å²) in [6, 6.07) is 10.4. The molecule has 0 spiro atoms. The molecule has 1 aromatic rings. The SMILES string of the molecule is CC(C)C(OO)[C@H](Cc1ccccc1)C(C)C. The van der Waals surface area contributed by atoms with Crippen LogP contribution in [0.4, 0.5) is 0 Å². The summed E-state index contributed by atoms with van der Waals surface area (Å²) < 4.78 is 0. The van der Waals surface area contributed by atoms with Crippen molar-refractivity contribution in [2.45, 2.75) is 40.2 Å². The fraction of sp³-hybridized carbons (Fsp3) is 0.600. The van der Waals surface area contributed by atoms with Crippen LogP contribution in [0.3, 0.4) is 0 Å². The zero-order valence-corrected chi connectivity index (χ0v) is 11.3. The van der Waals surface area contributed by atoms with Crippen molar-refractivity contribution < 1.29 is 10.1 Å². The van der Waals surface area contributed by atoms with Gasteiger partial charge in [-0.15, -0.1) is 0 Å². The molecule has 0 aromatic heterocycles. The molecule has 0 saturated carbocycles. The normalized spacial score (nSPS) is 15.2. The summed E-state index contributed by atoms with van der Waals surface area (Å²) >= 11 is 0. The van der Waals surface area contributed by atoms with E-state index in [4.69, 9.17) is 10.1 Å². The van der Waals surface area contributed by atoms with E-state index >= 15 is 0 Å². The van der Waals surface area contributed by atoms with Crippen LogP contribution in [0.1, 0.15) is 33.3 Å². The Bertz CT molecular complexity index is 306. The third kappa shape index (κ3) is 4.14. The van der Waals surface area contributed by atoms with E-state index in [0.717, 1.165) is 6.42 Å². The third-order valence-corrected chi connectivity index (χ3v) is 3.37. The van der Waals surface area contributed by atoms with Crippen molar-refractivity contribution in [3.8, 4) is 0 Å². The van der Waals surface area contributed by atoms with Crippen LogP contribution in [0, 0.1) is 17.8 Å². The van der Waals surface area contributed by atoms with E-state index < -0.39 is 0 Å². The van der Waals surface area contributed by atoms with Gasteiger partial charge in [-0.25, -0.2) is 4.89 Å². The lowest BCUT2D eigenvalue weighted by Crippen LogP contribution is -2.33. The maximum absolute atomic E-state index is 9.09. The molecule has 0 bridgehead atoms. The van der Waals surface area contributed by atoms with Gasteiger partial charge in [0.1, 0.15) is 0 Å². The standard InChI is InChI=1S/C15H24O2/c1-11(2)14(15(17-16)12(3)4)10-13-8-6-5-7-9-13/h5-9,11-12,14-16H,10H2,1-4H3/t14-,15?/m1/s1. The Morgan fingerprint density at radius 1 is 1.00 bits per heavy atom. The monoisotopic (exact) mass is 236 g/mol. The first-order valence-corrected chi connectivity index (χ1v) is 6.40. The molecule has 1 unspecified atom stereocenters. The van der Waals surface area contributed by atoms with Crippen molar-refractivity contribution in [2.24, 2.45) is 17.8 Å². The fourth-order valence-electron chi connectivity index (χ4n) is 2.31. The Morgan fingerprint density at radius 3 is 2.00 bits per heavy atom. The van der Waals surface area contributed by atoms with Gasteiger partial charge >= 0.3 is 0 Å². The van der Waals surface area contributed by atoms with Crippen molar-refractivity contribution in [1.29, 1.82) is 0 Å². The van der Waals surface area contributed by atoms with Gasteiger partial charge in [0.05, 0.1) is 6.10 Å². The molecule has 0 saturated heterocycles. The molecular weight excluding hydrogens is 212 g/mol. The molecule has 0 aliphatic heterocycles. The minimum absolute atomic E-state index is 0.102. The predicted octanol–water partition coefficient (Wildman–Crippen LogP) is 4.02. The van der Waals surface area contributed by atoms with Crippen molar-refractivity contribution in [2.75, 3.05) is 0 Å². The van der Waals surface area contributed by atoms with Crippen LogP contribution < -0.4 is 0 Å². The molecule has 0 radical (unpaired) electrons. The second-order valence-corrected chi connectivity index (χ2v) is 5.41. The number of rotatable bonds is 6. The van der Waals surface area contributed by atoms with Crippen LogP contribution >= 0.6 is 0 Å². The molecule has 0 amide bonds. The average Bonchev–Trinajstić information content (AvgIpc) is 2.29. The van der Waals surface area contributed by atoms with Crippen LogP contribution in [-0.4, -0.2) is 11.4 Å². The van der Waals surface area contributed by atoms with Gasteiger partial charge in [-0.3, -0.25) is 5.26 Å². The van der Waals surface area contributed by atoms with E-state index in [9.17, 15) is 0 Å². The van der Waals surface area contributed by atoms with Crippen LogP contribution in [0.15, 0.2) is 30.3 Å². The number of hydrogen-bond acceptors (Lipinski definition) is 2. The quantitative estimate of drug-likeness (QED) is 0.597. The summed E-state index contributed by atoms with van der Waals surface area (Å²) in [6.07, 6.45) is 0.845. The molecule has 0 heterocycles. The van der Waals surface area contributed by atoms with Gasteiger partial charge in [-0.2, -0.15) is 0 Å². The predicted molar refractivity (Wildman–Crippen MR) is 70.8 cm³/mol. The van der Waals surface area contributed by atoms with E-state index in [1.165, 1.54) is 5.56 Å². The van der Waals surface area contributed by atoms with Gasteiger partial charge in [0.2, 0.25) is 0 Å². The van der Waals surface area contributed by atoms with Crippen molar-refractivity contribution in [3.05, 3.63) is 35.9 Å². The molecule has 2 atom stereocenters. The minimum atomic E-state index is -0.102. The first-order valence-electron chi connectivity index (χ1n) is 6.40. The third-order valence-electron chi connectivity index (χ3n) is 3.37. The van der Waals surface area contributed by atoms with Crippen molar-refractivity contribution >= 4 is 0 Å². The Balaban J connectivity index is 2.79. The molecule has 0 aliphatic carbocycles. The summed E-state index contributed by atoms with van der Waals surface area (Å²) in [4.78, 5) is 4.71. The molecule has 0 aliphatic rings. The second kappa shape index (κ2) is 6.77. The first-order chi connectivity index (χ1) is 8.06. The Labute approximate surface area is 105 Å². The molecule has 1 aromatic carbocycles. The smallest absolute Gasteiger partial charge is 0.0983 e. The highest BCUT2D eigenvalue weighted by Crippen LogP contribution is 2.27. The van der Waals surface area contributed by atoms with Gasteiger partial charge in [-0.1, -0.05) is 58.0 Å². The van der Waals surface area contributed by atoms with E-state index in [-0.39, 0.29) is 6.10 Å². The average molecular weight is 236 g/mol. The first kappa shape index (κ1) is 14.2. The summed E-state index contributed by atoms with van der Waals surface area (Å²) in [7, 11) is 0. The molecule has 96 valence electrons. The summed E-state index contributed by atoms with van der Waals surface area (Å²) in [5, 5.41) is 9.09. The van der Waals surface area contributed by atoms with Crippen molar-refractivity contribution in [3.63, 3.8) is 0 Å². The van der Waals surface area contributed by atoms with Gasteiger partial charge in [0, 0.05) is 0 Å². The van der Waals surface area contributed by atoms with Gasteiger partial charge < -0.3 is 0 Å². The Morgan fingerprint density at radius 2 is 1.59 bits per heavy atom. The molecule has 2 nitrogen and oxygen atoms in total. The van der Waals surface area contributed by atoms with Crippen LogP contribution in [0.2, 0.25) is 0 Å². The van der Waals surface area contributed by atoms with Crippen LogP contribution in [-0.2, 0) is 11.3 Å². The molecule has 0 fully saturated rings. The zero-order valence-electron chi connectivity index (χ0n) is 11.3. The molecule has 1 rings (SSSR count). The fourth-order valence-corrected chi connectivity index (χ4v) is 2.31. The van der Waals surface area contributed by atoms with E-state index in [1.54, 1.807) is 0 Å². The highest BCUT2D eigenvalue weighted by atomic mass is 17.1. The van der Waals surface area contributed by atoms with Crippen LogP contribution in [0.5, 0.6) is 0 Å². The lowest BCUT2D eigenvalue weighted by Gasteiger charge is -2.30. The number of benzene rings is 1. The lowest BCUT2D eigenvalue weighted by atomic mass is 9.80. The lowest BCUT2D eigenvalue weighted by molar-refractivity contribution is -0.303. The molecular formula is C15H24O2. The van der Waals surface area contributed by atoms with Gasteiger partial charge in [0.25, 0.3) is 0 Å². The number of hydrogen-bond donors (Lipinski definition) is 1. The highest BCUT2D eigenvalue weighted by Gasteiger charge is 2.28.